The lowest BCUT2D eigenvalue weighted by Gasteiger charge is -2.12. The summed E-state index contributed by atoms with van der Waals surface area (Å²) in [6, 6.07) is 12.1. The Hall–Kier alpha value is -0.530. The predicted molar refractivity (Wildman–Crippen MR) is 102 cm³/mol. The number of rotatable bonds is 4. The molecule has 0 atom stereocenters. The molecule has 110 valence electrons. The zero-order valence-electron chi connectivity index (χ0n) is 11.7. The average molecular weight is 476 g/mol. The van der Waals surface area contributed by atoms with Gasteiger partial charge in [0.25, 0.3) is 0 Å². The topological polar surface area (TPSA) is 29.1 Å². The molecular formula is C16H15BrINOS. The van der Waals surface area contributed by atoms with Crippen LogP contribution in [-0.2, 0) is 4.79 Å². The minimum absolute atomic E-state index is 0.0235. The van der Waals surface area contributed by atoms with Crippen molar-refractivity contribution in [2.75, 3.05) is 11.1 Å². The number of carbonyl (C=O) groups excluding carboxylic acids is 1. The largest absolute Gasteiger partial charge is 0.325 e. The summed E-state index contributed by atoms with van der Waals surface area (Å²) in [5.41, 5.74) is 3.12. The lowest BCUT2D eigenvalue weighted by Crippen LogP contribution is -2.15. The molecule has 0 aliphatic rings. The third kappa shape index (κ3) is 5.00. The maximum absolute atomic E-state index is 12.1. The number of hydrogen-bond acceptors (Lipinski definition) is 2. The van der Waals surface area contributed by atoms with Crippen molar-refractivity contribution in [2.24, 2.45) is 0 Å². The van der Waals surface area contributed by atoms with Crippen molar-refractivity contribution in [3.63, 3.8) is 0 Å². The number of carbonyl (C=O) groups is 1. The van der Waals surface area contributed by atoms with Crippen LogP contribution in [0.15, 0.2) is 45.8 Å². The molecule has 1 N–H and O–H groups in total. The zero-order chi connectivity index (χ0) is 15.4. The molecule has 0 saturated carbocycles. The molecule has 0 aliphatic heterocycles. The van der Waals surface area contributed by atoms with E-state index in [9.17, 15) is 4.79 Å². The first-order valence-corrected chi connectivity index (χ1v) is 9.26. The van der Waals surface area contributed by atoms with Crippen LogP contribution in [0.1, 0.15) is 11.1 Å². The van der Waals surface area contributed by atoms with E-state index < -0.39 is 0 Å². The van der Waals surface area contributed by atoms with Gasteiger partial charge in [-0.3, -0.25) is 4.79 Å². The van der Waals surface area contributed by atoms with Crippen molar-refractivity contribution in [1.29, 1.82) is 0 Å². The molecule has 0 heterocycles. The number of anilines is 1. The Balaban J connectivity index is 1.97. The van der Waals surface area contributed by atoms with Crippen molar-refractivity contribution in [3.05, 3.63) is 55.6 Å². The minimum Gasteiger partial charge on any atom is -0.325 e. The second-order valence-electron chi connectivity index (χ2n) is 4.71. The van der Waals surface area contributed by atoms with Crippen molar-refractivity contribution >= 4 is 61.9 Å². The maximum Gasteiger partial charge on any atom is 0.234 e. The van der Waals surface area contributed by atoms with Gasteiger partial charge in [-0.15, -0.1) is 11.8 Å². The normalized spacial score (nSPS) is 10.5. The number of halogens is 2. The number of benzene rings is 2. The first kappa shape index (κ1) is 16.8. The summed E-state index contributed by atoms with van der Waals surface area (Å²) in [6.45, 7) is 4.04. The molecule has 0 radical (unpaired) electrons. The molecule has 1 amide bonds. The fourth-order valence-corrected chi connectivity index (χ4v) is 3.86. The number of nitrogens with one attached hydrogen (secondary N) is 1. The summed E-state index contributed by atoms with van der Waals surface area (Å²) < 4.78 is 2.23. The average Bonchev–Trinajstić information content (AvgIpc) is 2.42. The van der Waals surface area contributed by atoms with Crippen molar-refractivity contribution in [1.82, 2.24) is 0 Å². The van der Waals surface area contributed by atoms with E-state index in [1.807, 2.05) is 38.1 Å². The van der Waals surface area contributed by atoms with Crippen LogP contribution in [0.25, 0.3) is 0 Å². The van der Waals surface area contributed by atoms with Gasteiger partial charge in [0.1, 0.15) is 0 Å². The quantitative estimate of drug-likeness (QED) is 0.473. The molecule has 0 fully saturated rings. The molecule has 0 aromatic heterocycles. The smallest absolute Gasteiger partial charge is 0.234 e. The second kappa shape index (κ2) is 7.65. The molecule has 0 aliphatic carbocycles. The van der Waals surface area contributed by atoms with Crippen LogP contribution >= 0.6 is 50.3 Å². The van der Waals surface area contributed by atoms with Gasteiger partial charge >= 0.3 is 0 Å². The lowest BCUT2D eigenvalue weighted by atomic mass is 10.1. The van der Waals surface area contributed by atoms with E-state index in [-0.39, 0.29) is 5.91 Å². The molecule has 21 heavy (non-hydrogen) atoms. The van der Waals surface area contributed by atoms with Crippen LogP contribution in [0, 0.1) is 17.4 Å². The Kier molecular flexibility index (Phi) is 6.13. The molecule has 2 aromatic rings. The monoisotopic (exact) mass is 475 g/mol. The zero-order valence-corrected chi connectivity index (χ0v) is 16.3. The van der Waals surface area contributed by atoms with Crippen LogP contribution in [0.4, 0.5) is 5.69 Å². The highest BCUT2D eigenvalue weighted by Crippen LogP contribution is 2.24. The second-order valence-corrected chi connectivity index (χ2v) is 7.92. The molecule has 2 rings (SSSR count). The number of thioether (sulfide) groups is 1. The summed E-state index contributed by atoms with van der Waals surface area (Å²) in [6.07, 6.45) is 0. The van der Waals surface area contributed by atoms with Crippen LogP contribution in [0.2, 0.25) is 0 Å². The highest BCUT2D eigenvalue weighted by Gasteiger charge is 2.09. The minimum atomic E-state index is 0.0235. The van der Waals surface area contributed by atoms with Gasteiger partial charge in [-0.1, -0.05) is 15.9 Å². The Bertz CT molecular complexity index is 635. The van der Waals surface area contributed by atoms with Gasteiger partial charge in [0, 0.05) is 18.6 Å². The summed E-state index contributed by atoms with van der Waals surface area (Å²) in [7, 11) is 0. The Morgan fingerprint density at radius 1 is 1.19 bits per heavy atom. The van der Waals surface area contributed by atoms with Crippen LogP contribution in [0.5, 0.6) is 0 Å². The molecule has 0 spiro atoms. The first-order valence-electron chi connectivity index (χ1n) is 6.40. The number of hydrogen-bond donors (Lipinski definition) is 1. The molecule has 0 bridgehead atoms. The Labute approximate surface area is 151 Å². The fraction of sp³-hybridized carbons (Fsp3) is 0.188. The third-order valence-electron chi connectivity index (χ3n) is 2.95. The van der Waals surface area contributed by atoms with Gasteiger partial charge in [-0.2, -0.15) is 0 Å². The molecule has 2 aromatic carbocycles. The van der Waals surface area contributed by atoms with Gasteiger partial charge in [0.15, 0.2) is 0 Å². The van der Waals surface area contributed by atoms with E-state index in [1.165, 1.54) is 15.3 Å². The van der Waals surface area contributed by atoms with E-state index in [2.05, 4.69) is 56.0 Å². The number of aryl methyl sites for hydroxylation is 2. The van der Waals surface area contributed by atoms with Crippen molar-refractivity contribution in [3.8, 4) is 0 Å². The molecule has 0 saturated heterocycles. The van der Waals surface area contributed by atoms with Gasteiger partial charge < -0.3 is 5.32 Å². The van der Waals surface area contributed by atoms with Crippen molar-refractivity contribution in [2.45, 2.75) is 18.7 Å². The molecule has 2 nitrogen and oxygen atoms in total. The van der Waals surface area contributed by atoms with Gasteiger partial charge in [0.2, 0.25) is 5.91 Å². The summed E-state index contributed by atoms with van der Waals surface area (Å²) in [4.78, 5) is 13.2. The van der Waals surface area contributed by atoms with E-state index >= 15 is 0 Å². The summed E-state index contributed by atoms with van der Waals surface area (Å²) in [5.74, 6) is 0.433. The molecule has 5 heteroatoms. The van der Waals surface area contributed by atoms with Crippen LogP contribution in [-0.4, -0.2) is 11.7 Å². The SMILES string of the molecule is Cc1cc(I)cc(C)c1NC(=O)CSc1ccc(Br)cc1. The van der Waals surface area contributed by atoms with Crippen LogP contribution in [0.3, 0.4) is 0 Å². The van der Waals surface area contributed by atoms with Gasteiger partial charge in [0.05, 0.1) is 5.75 Å². The standard InChI is InChI=1S/C16H15BrINOS/c1-10-7-13(18)8-11(2)16(10)19-15(20)9-21-14-5-3-12(17)4-6-14/h3-8H,9H2,1-2H3,(H,19,20). The fourth-order valence-electron chi connectivity index (χ4n) is 1.96. The van der Waals surface area contributed by atoms with Crippen LogP contribution < -0.4 is 5.32 Å². The predicted octanol–water partition coefficient (Wildman–Crippen LogP) is 5.40. The summed E-state index contributed by atoms with van der Waals surface area (Å²) in [5, 5.41) is 3.01. The van der Waals surface area contributed by atoms with E-state index in [0.717, 1.165) is 26.2 Å². The Morgan fingerprint density at radius 3 is 2.33 bits per heavy atom. The van der Waals surface area contributed by atoms with E-state index in [1.54, 1.807) is 0 Å². The molecular weight excluding hydrogens is 461 g/mol. The van der Waals surface area contributed by atoms with E-state index in [0.29, 0.717) is 5.75 Å². The lowest BCUT2D eigenvalue weighted by molar-refractivity contribution is -0.113. The van der Waals surface area contributed by atoms with Gasteiger partial charge in [-0.05, 0) is 84.0 Å². The Morgan fingerprint density at radius 2 is 1.76 bits per heavy atom. The summed E-state index contributed by atoms with van der Waals surface area (Å²) >= 11 is 7.23. The number of amides is 1. The van der Waals surface area contributed by atoms with E-state index in [4.69, 9.17) is 0 Å². The first-order chi connectivity index (χ1) is 9.95. The third-order valence-corrected chi connectivity index (χ3v) is 5.11. The van der Waals surface area contributed by atoms with Crippen molar-refractivity contribution < 1.29 is 4.79 Å². The highest BCUT2D eigenvalue weighted by atomic mass is 127. The molecule has 0 unspecified atom stereocenters. The highest BCUT2D eigenvalue weighted by molar-refractivity contribution is 14.1. The maximum atomic E-state index is 12.1. The van der Waals surface area contributed by atoms with Gasteiger partial charge in [-0.25, -0.2) is 0 Å².